The molecule has 0 aromatic heterocycles. The lowest BCUT2D eigenvalue weighted by atomic mass is 10.1. The van der Waals surface area contributed by atoms with E-state index >= 15 is 0 Å². The van der Waals surface area contributed by atoms with Crippen molar-refractivity contribution in [2.75, 3.05) is 7.05 Å². The van der Waals surface area contributed by atoms with E-state index in [1.54, 1.807) is 0 Å². The molecule has 1 aliphatic heterocycles. The van der Waals surface area contributed by atoms with Crippen molar-refractivity contribution in [3.63, 3.8) is 0 Å². The van der Waals surface area contributed by atoms with Gasteiger partial charge in [0, 0.05) is 12.0 Å². The predicted molar refractivity (Wildman–Crippen MR) is 58.3 cm³/mol. The summed E-state index contributed by atoms with van der Waals surface area (Å²) in [5, 5.41) is 3.13. The van der Waals surface area contributed by atoms with E-state index in [1.165, 1.54) is 0 Å². The van der Waals surface area contributed by atoms with Crippen molar-refractivity contribution in [3.8, 4) is 0 Å². The highest BCUT2D eigenvalue weighted by atomic mass is 16.7. The molecule has 0 spiro atoms. The van der Waals surface area contributed by atoms with Gasteiger partial charge < -0.3 is 9.47 Å². The fourth-order valence-electron chi connectivity index (χ4n) is 1.76. The molecule has 3 heteroatoms. The monoisotopic (exact) mass is 207 g/mol. The normalized spacial score (nSPS) is 31.5. The van der Waals surface area contributed by atoms with Crippen molar-refractivity contribution in [2.45, 2.75) is 32.0 Å². The summed E-state index contributed by atoms with van der Waals surface area (Å²) < 4.78 is 11.5. The zero-order valence-corrected chi connectivity index (χ0v) is 9.14. The SMILES string of the molecule is CNC1CC(C)OC(c2ccccc2)O1. The molecule has 1 aromatic rings. The van der Waals surface area contributed by atoms with Crippen LogP contribution >= 0.6 is 0 Å². The first-order chi connectivity index (χ1) is 7.29. The van der Waals surface area contributed by atoms with Gasteiger partial charge in [-0.3, -0.25) is 5.32 Å². The van der Waals surface area contributed by atoms with Gasteiger partial charge in [-0.2, -0.15) is 0 Å². The van der Waals surface area contributed by atoms with Gasteiger partial charge >= 0.3 is 0 Å². The summed E-state index contributed by atoms with van der Waals surface area (Å²) in [6, 6.07) is 10.0. The predicted octanol–water partition coefficient (Wildman–Crippen LogP) is 2.06. The Bertz CT molecular complexity index is 302. The van der Waals surface area contributed by atoms with Crippen LogP contribution in [0.4, 0.5) is 0 Å². The minimum Gasteiger partial charge on any atom is -0.345 e. The van der Waals surface area contributed by atoms with Gasteiger partial charge in [-0.1, -0.05) is 30.3 Å². The van der Waals surface area contributed by atoms with Crippen molar-refractivity contribution >= 4 is 0 Å². The Hall–Kier alpha value is -0.900. The summed E-state index contributed by atoms with van der Waals surface area (Å²) in [4.78, 5) is 0. The lowest BCUT2D eigenvalue weighted by Gasteiger charge is -2.34. The maximum atomic E-state index is 5.76. The topological polar surface area (TPSA) is 30.5 Å². The van der Waals surface area contributed by atoms with Crippen LogP contribution in [0.5, 0.6) is 0 Å². The molecule has 0 amide bonds. The summed E-state index contributed by atoms with van der Waals surface area (Å²) in [6.45, 7) is 2.07. The zero-order chi connectivity index (χ0) is 10.7. The highest BCUT2D eigenvalue weighted by Gasteiger charge is 2.27. The maximum Gasteiger partial charge on any atom is 0.186 e. The molecular formula is C12H17NO2. The number of benzene rings is 1. The van der Waals surface area contributed by atoms with E-state index in [-0.39, 0.29) is 18.6 Å². The molecule has 1 fully saturated rings. The highest BCUT2D eigenvalue weighted by molar-refractivity contribution is 5.16. The van der Waals surface area contributed by atoms with Gasteiger partial charge in [-0.15, -0.1) is 0 Å². The van der Waals surface area contributed by atoms with E-state index in [4.69, 9.17) is 9.47 Å². The molecule has 3 nitrogen and oxygen atoms in total. The first-order valence-electron chi connectivity index (χ1n) is 5.32. The van der Waals surface area contributed by atoms with Crippen molar-refractivity contribution in [1.82, 2.24) is 5.32 Å². The van der Waals surface area contributed by atoms with Crippen LogP contribution in [0.2, 0.25) is 0 Å². The average molecular weight is 207 g/mol. The summed E-state index contributed by atoms with van der Waals surface area (Å²) in [5.74, 6) is 0. The third-order valence-corrected chi connectivity index (χ3v) is 2.58. The van der Waals surface area contributed by atoms with Crippen LogP contribution in [0.1, 0.15) is 25.2 Å². The summed E-state index contributed by atoms with van der Waals surface area (Å²) in [7, 11) is 1.91. The fraction of sp³-hybridized carbons (Fsp3) is 0.500. The van der Waals surface area contributed by atoms with E-state index in [1.807, 2.05) is 37.4 Å². The molecule has 82 valence electrons. The number of hydrogen-bond acceptors (Lipinski definition) is 3. The summed E-state index contributed by atoms with van der Waals surface area (Å²) in [6.07, 6.45) is 0.951. The van der Waals surface area contributed by atoms with Gasteiger partial charge in [0.2, 0.25) is 0 Å². The maximum absolute atomic E-state index is 5.76. The van der Waals surface area contributed by atoms with Crippen LogP contribution in [0.3, 0.4) is 0 Å². The Morgan fingerprint density at radius 3 is 2.60 bits per heavy atom. The summed E-state index contributed by atoms with van der Waals surface area (Å²) >= 11 is 0. The highest BCUT2D eigenvalue weighted by Crippen LogP contribution is 2.28. The van der Waals surface area contributed by atoms with Crippen molar-refractivity contribution in [3.05, 3.63) is 35.9 Å². The Kier molecular flexibility index (Phi) is 3.36. The molecule has 0 bridgehead atoms. The Morgan fingerprint density at radius 1 is 1.20 bits per heavy atom. The van der Waals surface area contributed by atoms with Gasteiger partial charge in [0.25, 0.3) is 0 Å². The molecule has 2 rings (SSSR count). The van der Waals surface area contributed by atoms with Crippen LogP contribution in [0.25, 0.3) is 0 Å². The molecule has 15 heavy (non-hydrogen) atoms. The smallest absolute Gasteiger partial charge is 0.186 e. The molecule has 1 aliphatic rings. The standard InChI is InChI=1S/C12H17NO2/c1-9-8-11(13-2)15-12(14-9)10-6-4-3-5-7-10/h3-7,9,11-13H,8H2,1-2H3. The number of hydrogen-bond donors (Lipinski definition) is 1. The van der Waals surface area contributed by atoms with Gasteiger partial charge in [0.1, 0.15) is 6.23 Å². The van der Waals surface area contributed by atoms with E-state index in [9.17, 15) is 0 Å². The van der Waals surface area contributed by atoms with Gasteiger partial charge in [-0.25, -0.2) is 0 Å². The second-order valence-corrected chi connectivity index (χ2v) is 3.84. The number of rotatable bonds is 2. The van der Waals surface area contributed by atoms with Crippen LogP contribution in [0, 0.1) is 0 Å². The second-order valence-electron chi connectivity index (χ2n) is 3.84. The Balaban J connectivity index is 2.09. The second kappa shape index (κ2) is 4.75. The molecule has 3 unspecified atom stereocenters. The van der Waals surface area contributed by atoms with E-state index in [0.29, 0.717) is 0 Å². The van der Waals surface area contributed by atoms with Crippen LogP contribution in [-0.2, 0) is 9.47 Å². The van der Waals surface area contributed by atoms with E-state index in [0.717, 1.165) is 12.0 Å². The van der Waals surface area contributed by atoms with Crippen molar-refractivity contribution in [1.29, 1.82) is 0 Å². The summed E-state index contributed by atoms with van der Waals surface area (Å²) in [5.41, 5.74) is 1.07. The largest absolute Gasteiger partial charge is 0.345 e. The van der Waals surface area contributed by atoms with E-state index in [2.05, 4.69) is 12.2 Å². The fourth-order valence-corrected chi connectivity index (χ4v) is 1.76. The lowest BCUT2D eigenvalue weighted by molar-refractivity contribution is -0.249. The van der Waals surface area contributed by atoms with Crippen LogP contribution in [-0.4, -0.2) is 19.4 Å². The van der Waals surface area contributed by atoms with Gasteiger partial charge in [0.05, 0.1) is 6.10 Å². The third-order valence-electron chi connectivity index (χ3n) is 2.58. The lowest BCUT2D eigenvalue weighted by Crippen LogP contribution is -2.39. The minimum absolute atomic E-state index is 0.0824. The molecule has 1 N–H and O–H groups in total. The van der Waals surface area contributed by atoms with Gasteiger partial charge in [0.15, 0.2) is 6.29 Å². The quantitative estimate of drug-likeness (QED) is 0.805. The van der Waals surface area contributed by atoms with Gasteiger partial charge in [-0.05, 0) is 14.0 Å². The number of nitrogens with one attached hydrogen (secondary N) is 1. The van der Waals surface area contributed by atoms with Crippen LogP contribution in [0.15, 0.2) is 30.3 Å². The van der Waals surface area contributed by atoms with Crippen molar-refractivity contribution in [2.24, 2.45) is 0 Å². The minimum atomic E-state index is -0.243. The van der Waals surface area contributed by atoms with Crippen molar-refractivity contribution < 1.29 is 9.47 Å². The average Bonchev–Trinajstić information content (AvgIpc) is 2.29. The molecule has 0 radical (unpaired) electrons. The molecule has 1 heterocycles. The molecule has 0 aliphatic carbocycles. The van der Waals surface area contributed by atoms with E-state index < -0.39 is 0 Å². The Labute approximate surface area is 90.4 Å². The third kappa shape index (κ3) is 2.56. The first-order valence-corrected chi connectivity index (χ1v) is 5.32. The molecule has 0 saturated carbocycles. The molecule has 1 aromatic carbocycles. The molecule has 3 atom stereocenters. The zero-order valence-electron chi connectivity index (χ0n) is 9.14. The molecular weight excluding hydrogens is 190 g/mol. The number of ether oxygens (including phenoxy) is 2. The van der Waals surface area contributed by atoms with Crippen LogP contribution < -0.4 is 5.32 Å². The Morgan fingerprint density at radius 2 is 1.93 bits per heavy atom. The molecule has 1 saturated heterocycles. The first kappa shape index (κ1) is 10.6.